The molecule has 0 unspecified atom stereocenters. The lowest BCUT2D eigenvalue weighted by Gasteiger charge is -2.11. The maximum Gasteiger partial charge on any atom is 0.432 e. The first kappa shape index (κ1) is 21.2. The van der Waals surface area contributed by atoms with Crippen LogP contribution in [0.15, 0.2) is 47.8 Å². The Labute approximate surface area is 164 Å². The number of carbonyl (C=O) groups is 1. The van der Waals surface area contributed by atoms with Crippen LogP contribution in [0.1, 0.15) is 15.9 Å². The highest BCUT2D eigenvalue weighted by Crippen LogP contribution is 2.20. The second-order valence-corrected chi connectivity index (χ2v) is 5.79. The molecule has 0 aliphatic carbocycles. The highest BCUT2D eigenvalue weighted by atomic mass is 32.1. The first-order valence-electron chi connectivity index (χ1n) is 7.81. The first-order valence-corrected chi connectivity index (χ1v) is 8.32. The van der Waals surface area contributed by atoms with Gasteiger partial charge in [0.05, 0.1) is 5.52 Å². The van der Waals surface area contributed by atoms with Crippen molar-refractivity contribution in [3.8, 4) is 0 Å². The van der Waals surface area contributed by atoms with E-state index in [1.807, 2.05) is 0 Å². The number of nitrogens with one attached hydrogen (secondary N) is 4. The molecule has 2 aromatic rings. The van der Waals surface area contributed by atoms with Crippen LogP contribution in [0.4, 0.5) is 13.2 Å². The summed E-state index contributed by atoms with van der Waals surface area (Å²) < 4.78 is 37.4. The summed E-state index contributed by atoms with van der Waals surface area (Å²) in [5, 5.41) is 21.2. The summed E-state index contributed by atoms with van der Waals surface area (Å²) in [5.74, 6) is -0.913. The molecule has 0 bridgehead atoms. The van der Waals surface area contributed by atoms with Gasteiger partial charge >= 0.3 is 6.18 Å². The van der Waals surface area contributed by atoms with Crippen LogP contribution in [0.25, 0.3) is 16.5 Å². The lowest BCUT2D eigenvalue weighted by Crippen LogP contribution is -2.32. The van der Waals surface area contributed by atoms with Gasteiger partial charge in [-0.25, -0.2) is 0 Å². The standard InChI is InChI=1S/C18H16F3N5OS/c1-24-16(6-15(23)18(19,20)21)26-17(27)11-3-2-10-4-12(13(7-22)9-28)8-25-14(10)5-11/h2-9,22-24,28H,1H3,(H,26,27)/b13-9+,16-6+,22-7?,23-15?. The summed E-state index contributed by atoms with van der Waals surface area (Å²) in [6, 6.07) is 6.41. The molecule has 0 saturated heterocycles. The lowest BCUT2D eigenvalue weighted by molar-refractivity contribution is -0.0584. The van der Waals surface area contributed by atoms with E-state index < -0.39 is 17.8 Å². The molecule has 0 saturated carbocycles. The number of amides is 1. The fourth-order valence-electron chi connectivity index (χ4n) is 2.21. The molecule has 4 N–H and O–H groups in total. The molecule has 0 radical (unpaired) electrons. The Hall–Kier alpha value is -3.14. The topological polar surface area (TPSA) is 102 Å². The normalized spacial score (nSPS) is 12.6. The van der Waals surface area contributed by atoms with E-state index in [1.54, 1.807) is 12.1 Å². The quantitative estimate of drug-likeness (QED) is 0.374. The van der Waals surface area contributed by atoms with Gasteiger partial charge in [0.2, 0.25) is 0 Å². The summed E-state index contributed by atoms with van der Waals surface area (Å²) in [4.78, 5) is 16.6. The number of nitrogens with zero attached hydrogens (tertiary/aromatic N) is 1. The second-order valence-electron chi connectivity index (χ2n) is 5.53. The molecule has 1 heterocycles. The average Bonchev–Trinajstić information content (AvgIpc) is 2.66. The van der Waals surface area contributed by atoms with E-state index in [2.05, 4.69) is 28.2 Å². The number of alkyl halides is 3. The number of benzene rings is 1. The van der Waals surface area contributed by atoms with Gasteiger partial charge in [-0.05, 0) is 23.6 Å². The number of allylic oxidation sites excluding steroid dienone is 2. The summed E-state index contributed by atoms with van der Waals surface area (Å²) >= 11 is 4.04. The molecular formula is C18H16F3N5OS. The summed E-state index contributed by atoms with van der Waals surface area (Å²) in [5.41, 5.74) is 0.336. The second kappa shape index (κ2) is 8.70. The molecular weight excluding hydrogens is 391 g/mol. The minimum absolute atomic E-state index is 0.185. The van der Waals surface area contributed by atoms with Crippen molar-refractivity contribution < 1.29 is 18.0 Å². The molecule has 0 aliphatic heterocycles. The van der Waals surface area contributed by atoms with Gasteiger partial charge in [0.15, 0.2) is 0 Å². The number of pyridine rings is 1. The molecule has 0 aliphatic rings. The van der Waals surface area contributed by atoms with Crippen LogP contribution in [0.3, 0.4) is 0 Å². The van der Waals surface area contributed by atoms with E-state index in [1.165, 1.54) is 30.8 Å². The number of rotatable bonds is 6. The van der Waals surface area contributed by atoms with E-state index in [-0.39, 0.29) is 11.4 Å². The number of hydrogen-bond donors (Lipinski definition) is 5. The molecule has 0 fully saturated rings. The zero-order chi connectivity index (χ0) is 20.9. The van der Waals surface area contributed by atoms with Gasteiger partial charge in [-0.2, -0.15) is 25.8 Å². The lowest BCUT2D eigenvalue weighted by atomic mass is 10.1. The van der Waals surface area contributed by atoms with Crippen LogP contribution in [-0.2, 0) is 0 Å². The van der Waals surface area contributed by atoms with Crippen LogP contribution >= 0.6 is 12.6 Å². The van der Waals surface area contributed by atoms with Gasteiger partial charge in [-0.1, -0.05) is 6.07 Å². The van der Waals surface area contributed by atoms with E-state index in [0.717, 1.165) is 6.21 Å². The first-order chi connectivity index (χ1) is 13.2. The largest absolute Gasteiger partial charge is 0.432 e. The van der Waals surface area contributed by atoms with Gasteiger partial charge in [-0.15, -0.1) is 0 Å². The van der Waals surface area contributed by atoms with Gasteiger partial charge in [-0.3, -0.25) is 15.2 Å². The monoisotopic (exact) mass is 407 g/mol. The maximum absolute atomic E-state index is 12.5. The molecule has 1 aromatic heterocycles. The van der Waals surface area contributed by atoms with Gasteiger partial charge in [0.1, 0.15) is 11.5 Å². The Morgan fingerprint density at radius 1 is 1.25 bits per heavy atom. The number of fused-ring (bicyclic) bond motifs is 1. The Morgan fingerprint density at radius 3 is 2.54 bits per heavy atom. The number of thiol groups is 1. The highest BCUT2D eigenvalue weighted by molar-refractivity contribution is 7.83. The van der Waals surface area contributed by atoms with Crippen molar-refractivity contribution in [1.29, 1.82) is 10.8 Å². The van der Waals surface area contributed by atoms with E-state index in [4.69, 9.17) is 10.8 Å². The molecule has 146 valence electrons. The maximum atomic E-state index is 12.5. The molecule has 0 spiro atoms. The molecule has 6 nitrogen and oxygen atoms in total. The predicted molar refractivity (Wildman–Crippen MR) is 106 cm³/mol. The molecule has 28 heavy (non-hydrogen) atoms. The fourth-order valence-corrected chi connectivity index (χ4v) is 2.43. The zero-order valence-electron chi connectivity index (χ0n) is 14.6. The summed E-state index contributed by atoms with van der Waals surface area (Å²) in [6.07, 6.45) is -1.65. The van der Waals surface area contributed by atoms with Crippen molar-refractivity contribution in [1.82, 2.24) is 15.6 Å². The molecule has 2 rings (SSSR count). The van der Waals surface area contributed by atoms with E-state index in [0.29, 0.717) is 28.1 Å². The molecule has 0 atom stereocenters. The Balaban J connectivity index is 2.28. The minimum atomic E-state index is -4.81. The average molecular weight is 407 g/mol. The number of aromatic nitrogens is 1. The van der Waals surface area contributed by atoms with Crippen LogP contribution in [0, 0.1) is 10.8 Å². The summed E-state index contributed by atoms with van der Waals surface area (Å²) in [6.45, 7) is 0. The summed E-state index contributed by atoms with van der Waals surface area (Å²) in [7, 11) is 1.33. The Kier molecular flexibility index (Phi) is 6.57. The van der Waals surface area contributed by atoms with Gasteiger partial charge in [0, 0.05) is 47.6 Å². The van der Waals surface area contributed by atoms with E-state index >= 15 is 0 Å². The van der Waals surface area contributed by atoms with Gasteiger partial charge < -0.3 is 16.0 Å². The third-order valence-electron chi connectivity index (χ3n) is 3.69. The number of halogens is 3. The van der Waals surface area contributed by atoms with Crippen molar-refractivity contribution in [3.05, 3.63) is 58.9 Å². The van der Waals surface area contributed by atoms with Crippen molar-refractivity contribution >= 4 is 46.9 Å². The highest BCUT2D eigenvalue weighted by Gasteiger charge is 2.33. The van der Waals surface area contributed by atoms with Crippen molar-refractivity contribution in [2.75, 3.05) is 7.05 Å². The van der Waals surface area contributed by atoms with Crippen LogP contribution in [-0.4, -0.2) is 36.0 Å². The Bertz CT molecular complexity index is 998. The predicted octanol–water partition coefficient (Wildman–Crippen LogP) is 3.53. The van der Waals surface area contributed by atoms with Gasteiger partial charge in [0.25, 0.3) is 5.91 Å². The smallest absolute Gasteiger partial charge is 0.375 e. The van der Waals surface area contributed by atoms with Crippen molar-refractivity contribution in [2.24, 2.45) is 0 Å². The minimum Gasteiger partial charge on any atom is -0.375 e. The molecule has 10 heteroatoms. The van der Waals surface area contributed by atoms with Crippen molar-refractivity contribution in [2.45, 2.75) is 6.18 Å². The zero-order valence-corrected chi connectivity index (χ0v) is 15.4. The molecule has 1 amide bonds. The van der Waals surface area contributed by atoms with E-state index in [9.17, 15) is 18.0 Å². The fraction of sp³-hybridized carbons (Fsp3) is 0.111. The van der Waals surface area contributed by atoms with Crippen LogP contribution in [0.5, 0.6) is 0 Å². The number of carbonyl (C=O) groups excluding carboxylic acids is 1. The van der Waals surface area contributed by atoms with Crippen molar-refractivity contribution in [3.63, 3.8) is 0 Å². The number of hydrogen-bond acceptors (Lipinski definition) is 6. The van der Waals surface area contributed by atoms with Crippen LogP contribution < -0.4 is 10.6 Å². The third-order valence-corrected chi connectivity index (χ3v) is 3.96. The third kappa shape index (κ3) is 4.97. The molecule has 1 aromatic carbocycles. The SMILES string of the molecule is CN/C(=C\C(=N)C(F)(F)F)NC(=O)c1ccc2cc(/C(C=N)=C/S)cnc2c1. The Morgan fingerprint density at radius 2 is 1.96 bits per heavy atom. The van der Waals surface area contributed by atoms with Crippen LogP contribution in [0.2, 0.25) is 0 Å².